The molecule has 0 aliphatic carbocycles. The molecule has 5 nitrogen and oxygen atoms in total. The van der Waals surface area contributed by atoms with Crippen molar-refractivity contribution in [2.45, 2.75) is 45.3 Å². The third-order valence-corrected chi connectivity index (χ3v) is 4.61. The zero-order chi connectivity index (χ0) is 14.5. The number of urea groups is 1. The van der Waals surface area contributed by atoms with Crippen LogP contribution in [0.5, 0.6) is 0 Å². The van der Waals surface area contributed by atoms with Gasteiger partial charge in [-0.2, -0.15) is 0 Å². The van der Waals surface area contributed by atoms with Gasteiger partial charge in [0, 0.05) is 32.8 Å². The molecule has 5 heteroatoms. The summed E-state index contributed by atoms with van der Waals surface area (Å²) in [5.74, 6) is 0.413. The van der Waals surface area contributed by atoms with Gasteiger partial charge in [-0.15, -0.1) is 0 Å². The molecule has 0 bridgehead atoms. The Kier molecular flexibility index (Phi) is 5.66. The summed E-state index contributed by atoms with van der Waals surface area (Å²) < 4.78 is 5.39. The molecular weight excluding hydrogens is 254 g/mol. The summed E-state index contributed by atoms with van der Waals surface area (Å²) in [5.41, 5.74) is 0. The van der Waals surface area contributed by atoms with Gasteiger partial charge in [-0.25, -0.2) is 4.79 Å². The molecule has 2 rings (SSSR count). The number of methoxy groups -OCH3 is 1. The van der Waals surface area contributed by atoms with Gasteiger partial charge in [0.2, 0.25) is 0 Å². The van der Waals surface area contributed by atoms with Crippen molar-refractivity contribution in [2.75, 3.05) is 39.8 Å². The lowest BCUT2D eigenvalue weighted by molar-refractivity contribution is 0.0654. The Balaban J connectivity index is 1.73. The highest BCUT2D eigenvalue weighted by Gasteiger charge is 2.31. The fourth-order valence-electron chi connectivity index (χ4n) is 3.22. The Labute approximate surface area is 122 Å². The van der Waals surface area contributed by atoms with E-state index in [-0.39, 0.29) is 12.1 Å². The van der Waals surface area contributed by atoms with E-state index in [9.17, 15) is 4.79 Å². The van der Waals surface area contributed by atoms with E-state index in [0.29, 0.717) is 18.5 Å². The maximum Gasteiger partial charge on any atom is 0.317 e. The number of nitrogens with one attached hydrogen (secondary N) is 1. The van der Waals surface area contributed by atoms with Crippen LogP contribution in [0.3, 0.4) is 0 Å². The first-order valence-corrected chi connectivity index (χ1v) is 7.91. The second-order valence-corrected chi connectivity index (χ2v) is 6.34. The van der Waals surface area contributed by atoms with Crippen molar-refractivity contribution in [3.05, 3.63) is 0 Å². The molecule has 116 valence electrons. The van der Waals surface area contributed by atoms with E-state index in [4.69, 9.17) is 4.74 Å². The van der Waals surface area contributed by atoms with E-state index in [2.05, 4.69) is 24.1 Å². The van der Waals surface area contributed by atoms with Crippen molar-refractivity contribution in [2.24, 2.45) is 5.92 Å². The molecule has 2 saturated heterocycles. The standard InChI is InChI=1S/C15H29N3O2/c1-12(2)14(20-3)10-16-15(19)18-9-6-13(11-18)17-7-4-5-8-17/h12-14H,4-11H2,1-3H3,(H,16,19). The fraction of sp³-hybridized carbons (Fsp3) is 0.933. The normalized spacial score (nSPS) is 25.4. The average molecular weight is 283 g/mol. The molecule has 0 radical (unpaired) electrons. The number of rotatable bonds is 5. The maximum absolute atomic E-state index is 12.2. The maximum atomic E-state index is 12.2. The van der Waals surface area contributed by atoms with Gasteiger partial charge in [0.25, 0.3) is 0 Å². The quantitative estimate of drug-likeness (QED) is 0.832. The summed E-state index contributed by atoms with van der Waals surface area (Å²) in [6.45, 7) is 8.99. The van der Waals surface area contributed by atoms with Gasteiger partial charge in [-0.05, 0) is 38.3 Å². The minimum Gasteiger partial charge on any atom is -0.379 e. The van der Waals surface area contributed by atoms with Crippen molar-refractivity contribution >= 4 is 6.03 Å². The van der Waals surface area contributed by atoms with E-state index in [0.717, 1.165) is 19.5 Å². The Hall–Kier alpha value is -0.810. The summed E-state index contributed by atoms with van der Waals surface area (Å²) in [4.78, 5) is 16.7. The molecule has 1 N–H and O–H groups in total. The number of hydrogen-bond acceptors (Lipinski definition) is 3. The van der Waals surface area contributed by atoms with E-state index >= 15 is 0 Å². The molecule has 2 atom stereocenters. The summed E-state index contributed by atoms with van der Waals surface area (Å²) in [6, 6.07) is 0.640. The number of carbonyl (C=O) groups is 1. The molecule has 20 heavy (non-hydrogen) atoms. The van der Waals surface area contributed by atoms with Crippen molar-refractivity contribution in [3.63, 3.8) is 0 Å². The Morgan fingerprint density at radius 3 is 2.60 bits per heavy atom. The van der Waals surface area contributed by atoms with Crippen LogP contribution in [-0.4, -0.2) is 67.8 Å². The SMILES string of the molecule is COC(CNC(=O)N1CCC(N2CCCC2)C1)C(C)C. The van der Waals surface area contributed by atoms with Crippen molar-refractivity contribution in [3.8, 4) is 0 Å². The lowest BCUT2D eigenvalue weighted by Crippen LogP contribution is -2.44. The largest absolute Gasteiger partial charge is 0.379 e. The Bertz CT molecular complexity index is 316. The van der Waals surface area contributed by atoms with Crippen LogP contribution in [0, 0.1) is 5.92 Å². The second-order valence-electron chi connectivity index (χ2n) is 6.34. The number of carbonyl (C=O) groups excluding carboxylic acids is 1. The molecule has 2 aliphatic heterocycles. The predicted molar refractivity (Wildman–Crippen MR) is 79.8 cm³/mol. The van der Waals surface area contributed by atoms with Crippen molar-refractivity contribution in [1.29, 1.82) is 0 Å². The van der Waals surface area contributed by atoms with Crippen LogP contribution in [0.1, 0.15) is 33.1 Å². The molecule has 2 fully saturated rings. The van der Waals surface area contributed by atoms with Crippen molar-refractivity contribution < 1.29 is 9.53 Å². The van der Waals surface area contributed by atoms with Gasteiger partial charge in [-0.1, -0.05) is 13.8 Å². The molecule has 2 unspecified atom stereocenters. The van der Waals surface area contributed by atoms with E-state index in [1.165, 1.54) is 25.9 Å². The third-order valence-electron chi connectivity index (χ3n) is 4.61. The molecule has 2 amide bonds. The minimum atomic E-state index is 0.0643. The number of amides is 2. The molecule has 2 heterocycles. The van der Waals surface area contributed by atoms with Gasteiger partial charge in [-0.3, -0.25) is 4.90 Å². The minimum absolute atomic E-state index is 0.0643. The average Bonchev–Trinajstić information content (AvgIpc) is 3.09. The third kappa shape index (κ3) is 3.85. The first-order chi connectivity index (χ1) is 9.61. The highest BCUT2D eigenvalue weighted by atomic mass is 16.5. The highest BCUT2D eigenvalue weighted by Crippen LogP contribution is 2.20. The molecule has 0 aromatic carbocycles. The zero-order valence-corrected chi connectivity index (χ0v) is 13.1. The lowest BCUT2D eigenvalue weighted by atomic mass is 10.1. The highest BCUT2D eigenvalue weighted by molar-refractivity contribution is 5.74. The molecule has 2 aliphatic rings. The summed E-state index contributed by atoms with van der Waals surface area (Å²) in [6.07, 6.45) is 3.83. The number of ether oxygens (including phenoxy) is 1. The van der Waals surface area contributed by atoms with Crippen LogP contribution >= 0.6 is 0 Å². The van der Waals surface area contributed by atoms with Gasteiger partial charge in [0.15, 0.2) is 0 Å². The predicted octanol–water partition coefficient (Wildman–Crippen LogP) is 1.54. The van der Waals surface area contributed by atoms with Gasteiger partial charge >= 0.3 is 6.03 Å². The van der Waals surface area contributed by atoms with Crippen LogP contribution in [0.2, 0.25) is 0 Å². The first-order valence-electron chi connectivity index (χ1n) is 7.91. The van der Waals surface area contributed by atoms with Crippen molar-refractivity contribution in [1.82, 2.24) is 15.1 Å². The first kappa shape index (κ1) is 15.6. The fourth-order valence-corrected chi connectivity index (χ4v) is 3.22. The van der Waals surface area contributed by atoms with Crippen LogP contribution in [0.15, 0.2) is 0 Å². The van der Waals surface area contributed by atoms with E-state index in [1.807, 2.05) is 4.90 Å². The Morgan fingerprint density at radius 2 is 2.00 bits per heavy atom. The van der Waals surface area contributed by atoms with Crippen LogP contribution < -0.4 is 5.32 Å². The van der Waals surface area contributed by atoms with E-state index in [1.54, 1.807) is 7.11 Å². The number of nitrogens with zero attached hydrogens (tertiary/aromatic N) is 2. The molecular formula is C15H29N3O2. The summed E-state index contributed by atoms with van der Waals surface area (Å²) >= 11 is 0. The Morgan fingerprint density at radius 1 is 1.30 bits per heavy atom. The second kappa shape index (κ2) is 7.27. The molecule has 0 aromatic heterocycles. The molecule has 0 saturated carbocycles. The topological polar surface area (TPSA) is 44.8 Å². The number of hydrogen-bond donors (Lipinski definition) is 1. The lowest BCUT2D eigenvalue weighted by Gasteiger charge is -2.25. The van der Waals surface area contributed by atoms with Crippen LogP contribution in [0.4, 0.5) is 4.79 Å². The molecule has 0 aromatic rings. The number of likely N-dealkylation sites (tertiary alicyclic amines) is 2. The zero-order valence-electron chi connectivity index (χ0n) is 13.1. The van der Waals surface area contributed by atoms with Gasteiger partial charge < -0.3 is 15.0 Å². The summed E-state index contributed by atoms with van der Waals surface area (Å²) in [5, 5.41) is 3.01. The van der Waals surface area contributed by atoms with Crippen LogP contribution in [0.25, 0.3) is 0 Å². The van der Waals surface area contributed by atoms with Crippen LogP contribution in [-0.2, 0) is 4.74 Å². The summed E-state index contributed by atoms with van der Waals surface area (Å²) in [7, 11) is 1.70. The monoisotopic (exact) mass is 283 g/mol. The smallest absolute Gasteiger partial charge is 0.317 e. The molecule has 0 spiro atoms. The van der Waals surface area contributed by atoms with Gasteiger partial charge in [0.05, 0.1) is 6.10 Å². The van der Waals surface area contributed by atoms with E-state index < -0.39 is 0 Å². The van der Waals surface area contributed by atoms with Gasteiger partial charge in [0.1, 0.15) is 0 Å².